The third-order valence-corrected chi connectivity index (χ3v) is 13.3. The Kier molecular flexibility index (Phi) is 10.7. The number of hydrogen-bond acceptors (Lipinski definition) is 10. The lowest BCUT2D eigenvalue weighted by Crippen LogP contribution is -2.55. The van der Waals surface area contributed by atoms with E-state index in [2.05, 4.69) is 79.4 Å². The predicted octanol–water partition coefficient (Wildman–Crippen LogP) is 5.93. The number of piperazine rings is 1. The van der Waals surface area contributed by atoms with Crippen molar-refractivity contribution in [3.8, 4) is 6.07 Å². The lowest BCUT2D eigenvalue weighted by Gasteiger charge is -2.46. The van der Waals surface area contributed by atoms with Crippen molar-refractivity contribution in [3.63, 3.8) is 0 Å². The van der Waals surface area contributed by atoms with Gasteiger partial charge in [0.25, 0.3) is 5.91 Å². The standard InChI is InChI=1S/C45H53N11O3/c1-28(2)37-24-39-31(23-40(37)49-45(59)42-11-8-35-22-30(25-46)26-47-56(35)42)27-55(51-39)34-6-4-32(5-7-34)52-18-20-53(21-19-52)33-14-16-54(17-15-33)41-12-10-38(48-29(41)3)36-9-13-43(57)50-44(36)58/h8,10-12,22-24,26-28,32-34,36H,4-7,9,13-21H2,1-3H3,(H,49,59)(H,50,57,58). The SMILES string of the molecule is Cc1nc(C2CCC(=O)NC2=O)ccc1N1CCC(N2CCN(C3CCC(n4cc5cc(NC(=O)c6ccc7cc(C#N)cnn67)c(C(C)C)cc5n4)CC3)CC2)CC1. The maximum atomic E-state index is 13.5. The van der Waals surface area contributed by atoms with Gasteiger partial charge in [0.2, 0.25) is 11.8 Å². The number of anilines is 2. The van der Waals surface area contributed by atoms with Crippen molar-refractivity contribution in [2.24, 2.45) is 0 Å². The summed E-state index contributed by atoms with van der Waals surface area (Å²) in [4.78, 5) is 50.2. The highest BCUT2D eigenvalue weighted by Crippen LogP contribution is 2.36. The van der Waals surface area contributed by atoms with Crippen molar-refractivity contribution in [1.82, 2.24) is 39.5 Å². The number of aromatic nitrogens is 5. The first-order valence-electron chi connectivity index (χ1n) is 21.4. The molecule has 0 bridgehead atoms. The van der Waals surface area contributed by atoms with Crippen LogP contribution in [0.1, 0.15) is 116 Å². The number of fused-ring (bicyclic) bond motifs is 2. The molecule has 1 saturated carbocycles. The minimum Gasteiger partial charge on any atom is -0.370 e. The van der Waals surface area contributed by atoms with Gasteiger partial charge < -0.3 is 10.2 Å². The molecular formula is C45H53N11O3. The molecule has 1 aromatic carbocycles. The smallest absolute Gasteiger partial charge is 0.274 e. The van der Waals surface area contributed by atoms with Gasteiger partial charge in [-0.2, -0.15) is 15.5 Å². The number of pyridine rings is 1. The average Bonchev–Trinajstić information content (AvgIpc) is 3.87. The Morgan fingerprint density at radius 2 is 1.59 bits per heavy atom. The molecule has 59 heavy (non-hydrogen) atoms. The fourth-order valence-corrected chi connectivity index (χ4v) is 10.0. The maximum Gasteiger partial charge on any atom is 0.274 e. The van der Waals surface area contributed by atoms with Crippen LogP contribution in [-0.4, -0.2) is 103 Å². The Balaban J connectivity index is 0.765. The number of amides is 3. The summed E-state index contributed by atoms with van der Waals surface area (Å²) < 4.78 is 3.74. The molecule has 4 fully saturated rings. The van der Waals surface area contributed by atoms with Crippen LogP contribution in [0.4, 0.5) is 11.4 Å². The summed E-state index contributed by atoms with van der Waals surface area (Å²) >= 11 is 0. The largest absolute Gasteiger partial charge is 0.370 e. The van der Waals surface area contributed by atoms with Crippen molar-refractivity contribution in [3.05, 3.63) is 83.1 Å². The molecule has 14 heteroatoms. The van der Waals surface area contributed by atoms with Crippen LogP contribution in [0.2, 0.25) is 0 Å². The molecule has 0 spiro atoms. The Morgan fingerprint density at radius 1 is 0.881 bits per heavy atom. The number of aryl methyl sites for hydroxylation is 1. The number of nitriles is 1. The molecule has 2 N–H and O–H groups in total. The number of rotatable bonds is 8. The van der Waals surface area contributed by atoms with E-state index in [1.807, 2.05) is 13.0 Å². The quantitative estimate of drug-likeness (QED) is 0.181. The number of nitrogens with zero attached hydrogens (tertiary/aromatic N) is 9. The number of hydrogen-bond donors (Lipinski definition) is 2. The fraction of sp³-hybridized carbons (Fsp3) is 0.489. The maximum absolute atomic E-state index is 13.5. The highest BCUT2D eigenvalue weighted by Gasteiger charge is 2.34. The molecule has 1 atom stereocenters. The van der Waals surface area contributed by atoms with Crippen LogP contribution in [0.25, 0.3) is 16.4 Å². The topological polar surface area (TPSA) is 157 Å². The van der Waals surface area contributed by atoms with Crippen molar-refractivity contribution in [1.29, 1.82) is 5.26 Å². The van der Waals surface area contributed by atoms with E-state index in [0.29, 0.717) is 47.7 Å². The lowest BCUT2D eigenvalue weighted by atomic mass is 9.89. The van der Waals surface area contributed by atoms with Gasteiger partial charge in [0.15, 0.2) is 0 Å². The van der Waals surface area contributed by atoms with E-state index in [-0.39, 0.29) is 29.6 Å². The number of carbonyl (C=O) groups is 3. The molecule has 3 amide bonds. The van der Waals surface area contributed by atoms with E-state index in [1.165, 1.54) is 19.0 Å². The molecule has 1 aliphatic carbocycles. The summed E-state index contributed by atoms with van der Waals surface area (Å²) in [6.45, 7) is 12.8. The molecular weight excluding hydrogens is 743 g/mol. The molecule has 3 saturated heterocycles. The first-order chi connectivity index (χ1) is 28.6. The number of benzene rings is 1. The third kappa shape index (κ3) is 7.81. The van der Waals surface area contributed by atoms with E-state index in [0.717, 1.165) is 104 Å². The molecule has 306 valence electrons. The predicted molar refractivity (Wildman–Crippen MR) is 225 cm³/mol. The second kappa shape index (κ2) is 16.2. The highest BCUT2D eigenvalue weighted by atomic mass is 16.2. The summed E-state index contributed by atoms with van der Waals surface area (Å²) in [7, 11) is 0. The van der Waals surface area contributed by atoms with Gasteiger partial charge >= 0.3 is 0 Å². The zero-order chi connectivity index (χ0) is 40.8. The molecule has 5 aromatic rings. The molecule has 1 unspecified atom stereocenters. The number of nitrogens with one attached hydrogen (secondary N) is 2. The van der Waals surface area contributed by atoms with Gasteiger partial charge in [0, 0.05) is 75.0 Å². The average molecular weight is 796 g/mol. The van der Waals surface area contributed by atoms with Gasteiger partial charge in [-0.25, -0.2) is 4.52 Å². The minimum absolute atomic E-state index is 0.184. The molecule has 7 heterocycles. The van der Waals surface area contributed by atoms with Crippen molar-refractivity contribution < 1.29 is 14.4 Å². The van der Waals surface area contributed by atoms with Crippen molar-refractivity contribution in [2.45, 2.75) is 102 Å². The second-order valence-electron chi connectivity index (χ2n) is 17.2. The van der Waals surface area contributed by atoms with E-state index in [4.69, 9.17) is 10.1 Å². The summed E-state index contributed by atoms with van der Waals surface area (Å²) in [5, 5.41) is 25.3. The van der Waals surface area contributed by atoms with E-state index in [1.54, 1.807) is 22.7 Å². The van der Waals surface area contributed by atoms with Crippen LogP contribution in [0.5, 0.6) is 0 Å². The van der Waals surface area contributed by atoms with Gasteiger partial charge in [0.05, 0.1) is 51.8 Å². The van der Waals surface area contributed by atoms with Gasteiger partial charge in [-0.05, 0) is 106 Å². The van der Waals surface area contributed by atoms with Crippen LogP contribution in [-0.2, 0) is 9.59 Å². The molecule has 3 aliphatic heterocycles. The van der Waals surface area contributed by atoms with E-state index in [9.17, 15) is 19.6 Å². The van der Waals surface area contributed by atoms with Gasteiger partial charge in [-0.3, -0.25) is 39.2 Å². The molecule has 14 nitrogen and oxygen atoms in total. The first kappa shape index (κ1) is 38.8. The Morgan fingerprint density at radius 3 is 2.27 bits per heavy atom. The van der Waals surface area contributed by atoms with Crippen LogP contribution in [0, 0.1) is 18.3 Å². The summed E-state index contributed by atoms with van der Waals surface area (Å²) in [6.07, 6.45) is 11.3. The van der Waals surface area contributed by atoms with E-state index < -0.39 is 0 Å². The fourth-order valence-electron chi connectivity index (χ4n) is 10.0. The summed E-state index contributed by atoms with van der Waals surface area (Å²) in [5.74, 6) is -0.856. The molecule has 9 rings (SSSR count). The Labute approximate surface area is 344 Å². The van der Waals surface area contributed by atoms with Crippen LogP contribution < -0.4 is 15.5 Å². The minimum atomic E-state index is -0.354. The monoisotopic (exact) mass is 795 g/mol. The number of imide groups is 1. The highest BCUT2D eigenvalue weighted by molar-refractivity contribution is 6.05. The number of carbonyl (C=O) groups excluding carboxylic acids is 3. The molecule has 0 radical (unpaired) electrons. The summed E-state index contributed by atoms with van der Waals surface area (Å²) in [5.41, 5.74) is 7.18. The molecule has 4 aliphatic rings. The van der Waals surface area contributed by atoms with Crippen molar-refractivity contribution >= 4 is 45.5 Å². The molecule has 4 aromatic heterocycles. The van der Waals surface area contributed by atoms with Crippen LogP contribution >= 0.6 is 0 Å². The van der Waals surface area contributed by atoms with Gasteiger partial charge in [-0.1, -0.05) is 13.8 Å². The van der Waals surface area contributed by atoms with E-state index >= 15 is 0 Å². The Bertz CT molecular complexity index is 2440. The first-order valence-corrected chi connectivity index (χ1v) is 21.4. The van der Waals surface area contributed by atoms with Crippen LogP contribution in [0.15, 0.2) is 54.9 Å². The zero-order valence-electron chi connectivity index (χ0n) is 34.2. The summed E-state index contributed by atoms with van der Waals surface area (Å²) in [6, 6.07) is 17.2. The normalized spacial score (nSPS) is 22.6. The van der Waals surface area contributed by atoms with Gasteiger partial charge in [-0.15, -0.1) is 0 Å². The van der Waals surface area contributed by atoms with Gasteiger partial charge in [0.1, 0.15) is 11.8 Å². The third-order valence-electron chi connectivity index (χ3n) is 13.3. The Hall–Kier alpha value is -5.65. The zero-order valence-corrected chi connectivity index (χ0v) is 34.2. The number of piperidine rings is 2. The lowest BCUT2D eigenvalue weighted by molar-refractivity contribution is -0.134. The van der Waals surface area contributed by atoms with Crippen molar-refractivity contribution in [2.75, 3.05) is 49.5 Å². The second-order valence-corrected chi connectivity index (χ2v) is 17.2. The van der Waals surface area contributed by atoms with Crippen LogP contribution in [0.3, 0.4) is 0 Å².